The molecule has 0 bridgehead atoms. The van der Waals surface area contributed by atoms with Crippen molar-refractivity contribution in [3.63, 3.8) is 0 Å². The molecule has 0 atom stereocenters. The second-order valence-corrected chi connectivity index (χ2v) is 3.54. The van der Waals surface area contributed by atoms with Gasteiger partial charge in [-0.3, -0.25) is 4.79 Å². The highest BCUT2D eigenvalue weighted by molar-refractivity contribution is 6.68. The molecule has 0 fully saturated rings. The molecule has 1 aromatic rings. The van der Waals surface area contributed by atoms with Gasteiger partial charge in [-0.25, -0.2) is 0 Å². The van der Waals surface area contributed by atoms with Crippen LogP contribution in [0.25, 0.3) is 5.57 Å². The lowest BCUT2D eigenvalue weighted by Crippen LogP contribution is -2.12. The lowest BCUT2D eigenvalue weighted by Gasteiger charge is -2.02. The zero-order valence-electron chi connectivity index (χ0n) is 10.5. The van der Waals surface area contributed by atoms with Gasteiger partial charge in [-0.1, -0.05) is 56.0 Å². The number of fused-ring (bicyclic) bond motifs is 1. The fourth-order valence-electron chi connectivity index (χ4n) is 1.98. The number of hydrogen-bond donors (Lipinski definition) is 0. The van der Waals surface area contributed by atoms with E-state index >= 15 is 0 Å². The summed E-state index contributed by atoms with van der Waals surface area (Å²) in [6.45, 7) is 7.72. The Morgan fingerprint density at radius 1 is 1.25 bits per heavy atom. The number of carbonyl (C=O) groups excluding carboxylic acids is 1. The van der Waals surface area contributed by atoms with Gasteiger partial charge in [-0.2, -0.15) is 0 Å². The van der Waals surface area contributed by atoms with Crippen molar-refractivity contribution in [2.75, 3.05) is 0 Å². The van der Waals surface area contributed by atoms with Gasteiger partial charge in [0.05, 0.1) is 0 Å². The third-order valence-corrected chi connectivity index (χ3v) is 2.61. The highest BCUT2D eigenvalue weighted by atomic mass is 16.1. The standard InChI is InChI=1S/C12H12BO.C2H6/c1-3-10-12(8(2)14)9-6-4-5-7-11(9)13-10;1-2/h4-7H,3H2,1-2H3;1-2H3. The zero-order chi connectivity index (χ0) is 12.1. The Kier molecular flexibility index (Phi) is 4.54. The summed E-state index contributed by atoms with van der Waals surface area (Å²) in [5, 5.41) is 0. The average molecular weight is 213 g/mol. The van der Waals surface area contributed by atoms with Crippen molar-refractivity contribution in [1.29, 1.82) is 0 Å². The van der Waals surface area contributed by atoms with Crippen molar-refractivity contribution < 1.29 is 4.79 Å². The largest absolute Gasteiger partial charge is 0.295 e. The minimum absolute atomic E-state index is 0.169. The lowest BCUT2D eigenvalue weighted by atomic mass is 9.66. The SMILES string of the molecule is CC.CCC1=C(C(C)=O)c2ccccc2[B]1. The van der Waals surface area contributed by atoms with Gasteiger partial charge < -0.3 is 0 Å². The van der Waals surface area contributed by atoms with Crippen LogP contribution in [0.2, 0.25) is 0 Å². The summed E-state index contributed by atoms with van der Waals surface area (Å²) in [4.78, 5) is 11.5. The first-order valence-electron chi connectivity index (χ1n) is 5.92. The summed E-state index contributed by atoms with van der Waals surface area (Å²) < 4.78 is 0. The van der Waals surface area contributed by atoms with Gasteiger partial charge in [-0.05, 0) is 18.9 Å². The highest BCUT2D eigenvalue weighted by Gasteiger charge is 2.23. The Morgan fingerprint density at radius 2 is 1.88 bits per heavy atom. The predicted octanol–water partition coefficient (Wildman–Crippen LogP) is 2.77. The Balaban J connectivity index is 0.000000606. The molecule has 0 unspecified atom stereocenters. The molecule has 1 heterocycles. The van der Waals surface area contributed by atoms with Gasteiger partial charge in [0.15, 0.2) is 13.1 Å². The Bertz CT molecular complexity index is 418. The molecule has 0 aliphatic carbocycles. The third kappa shape index (κ3) is 2.26. The smallest absolute Gasteiger partial charge is 0.187 e. The first kappa shape index (κ1) is 12.8. The second kappa shape index (κ2) is 5.69. The van der Waals surface area contributed by atoms with Crippen LogP contribution < -0.4 is 5.46 Å². The second-order valence-electron chi connectivity index (χ2n) is 3.54. The van der Waals surface area contributed by atoms with Crippen LogP contribution in [0.1, 0.15) is 39.7 Å². The molecule has 0 amide bonds. The van der Waals surface area contributed by atoms with Crippen molar-refractivity contribution in [3.05, 3.63) is 35.3 Å². The number of benzene rings is 1. The maximum Gasteiger partial charge on any atom is 0.187 e. The summed E-state index contributed by atoms with van der Waals surface area (Å²) in [6.07, 6.45) is 0.920. The number of rotatable bonds is 2. The molecule has 16 heavy (non-hydrogen) atoms. The van der Waals surface area contributed by atoms with Crippen LogP contribution in [0.15, 0.2) is 29.7 Å². The number of carbonyl (C=O) groups is 1. The lowest BCUT2D eigenvalue weighted by molar-refractivity contribution is -0.111. The van der Waals surface area contributed by atoms with Crippen molar-refractivity contribution >= 4 is 24.1 Å². The highest BCUT2D eigenvalue weighted by Crippen LogP contribution is 2.25. The van der Waals surface area contributed by atoms with E-state index in [2.05, 4.69) is 20.3 Å². The number of hydrogen-bond acceptors (Lipinski definition) is 1. The van der Waals surface area contributed by atoms with Gasteiger partial charge >= 0.3 is 0 Å². The van der Waals surface area contributed by atoms with Crippen molar-refractivity contribution in [2.24, 2.45) is 0 Å². The van der Waals surface area contributed by atoms with Crippen LogP contribution in [0.3, 0.4) is 0 Å². The van der Waals surface area contributed by atoms with E-state index in [1.165, 1.54) is 10.9 Å². The molecule has 83 valence electrons. The summed E-state index contributed by atoms with van der Waals surface area (Å²) in [7, 11) is 2.12. The summed E-state index contributed by atoms with van der Waals surface area (Å²) in [5.41, 5.74) is 4.34. The van der Waals surface area contributed by atoms with Crippen LogP contribution in [0.4, 0.5) is 0 Å². The molecule has 1 radical (unpaired) electrons. The minimum Gasteiger partial charge on any atom is -0.295 e. The van der Waals surface area contributed by atoms with Crippen LogP contribution in [0.5, 0.6) is 0 Å². The van der Waals surface area contributed by atoms with E-state index in [1.54, 1.807) is 6.92 Å². The van der Waals surface area contributed by atoms with Crippen LogP contribution >= 0.6 is 0 Å². The van der Waals surface area contributed by atoms with Crippen LogP contribution in [-0.2, 0) is 4.79 Å². The Morgan fingerprint density at radius 3 is 2.44 bits per heavy atom. The van der Waals surface area contributed by atoms with E-state index in [0.717, 1.165) is 17.6 Å². The molecule has 2 rings (SSSR count). The van der Waals surface area contributed by atoms with Gasteiger partial charge in [0.1, 0.15) is 0 Å². The molecule has 0 N–H and O–H groups in total. The van der Waals surface area contributed by atoms with Gasteiger partial charge in [0, 0.05) is 5.57 Å². The fourth-order valence-corrected chi connectivity index (χ4v) is 1.98. The minimum atomic E-state index is 0.169. The van der Waals surface area contributed by atoms with Gasteiger partial charge in [-0.15, -0.1) is 0 Å². The summed E-state index contributed by atoms with van der Waals surface area (Å²) in [5.74, 6) is 0.169. The van der Waals surface area contributed by atoms with E-state index in [9.17, 15) is 4.79 Å². The van der Waals surface area contributed by atoms with E-state index in [1.807, 2.05) is 32.0 Å². The third-order valence-electron chi connectivity index (χ3n) is 2.61. The van der Waals surface area contributed by atoms with Crippen LogP contribution in [-0.4, -0.2) is 13.1 Å². The number of Topliss-reactive ketones (excluding diaryl/α,β-unsaturated/α-hetero) is 1. The number of allylic oxidation sites excluding steroid dienone is 2. The molecule has 1 nitrogen and oxygen atoms in total. The summed E-state index contributed by atoms with van der Waals surface area (Å²) in [6, 6.07) is 8.06. The zero-order valence-corrected chi connectivity index (χ0v) is 10.5. The Hall–Kier alpha value is -1.31. The monoisotopic (exact) mass is 213 g/mol. The molecule has 1 aromatic carbocycles. The van der Waals surface area contributed by atoms with Crippen molar-refractivity contribution in [2.45, 2.75) is 34.1 Å². The maximum atomic E-state index is 11.5. The van der Waals surface area contributed by atoms with E-state index in [-0.39, 0.29) is 5.78 Å². The maximum absolute atomic E-state index is 11.5. The normalized spacial score (nSPS) is 12.5. The first-order valence-corrected chi connectivity index (χ1v) is 5.92. The Labute approximate surface area is 98.8 Å². The molecule has 2 heteroatoms. The topological polar surface area (TPSA) is 17.1 Å². The van der Waals surface area contributed by atoms with E-state index < -0.39 is 0 Å². The van der Waals surface area contributed by atoms with Crippen LogP contribution in [0, 0.1) is 0 Å². The molecular formula is C14H18BO. The molecule has 0 spiro atoms. The average Bonchev–Trinajstić information content (AvgIpc) is 2.69. The molecule has 0 aromatic heterocycles. The molecule has 0 saturated carbocycles. The van der Waals surface area contributed by atoms with Crippen molar-refractivity contribution in [3.8, 4) is 0 Å². The predicted molar refractivity (Wildman–Crippen MR) is 71.1 cm³/mol. The van der Waals surface area contributed by atoms with E-state index in [0.29, 0.717) is 0 Å². The molecular weight excluding hydrogens is 195 g/mol. The molecule has 0 saturated heterocycles. The van der Waals surface area contributed by atoms with E-state index in [4.69, 9.17) is 0 Å². The van der Waals surface area contributed by atoms with Crippen molar-refractivity contribution in [1.82, 2.24) is 0 Å². The fraction of sp³-hybridized carbons (Fsp3) is 0.357. The number of ketones is 1. The molecule has 1 aliphatic heterocycles. The van der Waals surface area contributed by atoms with Gasteiger partial charge in [0.2, 0.25) is 0 Å². The quantitative estimate of drug-likeness (QED) is 0.690. The first-order chi connectivity index (χ1) is 7.74. The van der Waals surface area contributed by atoms with Gasteiger partial charge in [0.25, 0.3) is 0 Å². The molecule has 1 aliphatic rings. The summed E-state index contributed by atoms with van der Waals surface area (Å²) >= 11 is 0.